The van der Waals surface area contributed by atoms with E-state index in [0.717, 1.165) is 12.8 Å². The van der Waals surface area contributed by atoms with Gasteiger partial charge in [0, 0.05) is 13.5 Å². The summed E-state index contributed by atoms with van der Waals surface area (Å²) in [5.74, 6) is 1.15. The fourth-order valence-electron chi connectivity index (χ4n) is 1.95. The van der Waals surface area contributed by atoms with Crippen LogP contribution in [0.1, 0.15) is 47.0 Å². The molecule has 1 amide bonds. The lowest BCUT2D eigenvalue weighted by Gasteiger charge is -2.34. The van der Waals surface area contributed by atoms with Crippen LogP contribution in [-0.2, 0) is 4.79 Å². The van der Waals surface area contributed by atoms with Crippen LogP contribution in [0.25, 0.3) is 0 Å². The van der Waals surface area contributed by atoms with E-state index in [1.807, 2.05) is 13.8 Å². The first-order valence-corrected chi connectivity index (χ1v) is 6.83. The van der Waals surface area contributed by atoms with E-state index in [-0.39, 0.29) is 12.5 Å². The van der Waals surface area contributed by atoms with Gasteiger partial charge in [-0.15, -0.1) is 0 Å². The highest BCUT2D eigenvalue weighted by atomic mass is 16.3. The summed E-state index contributed by atoms with van der Waals surface area (Å²) >= 11 is 0. The van der Waals surface area contributed by atoms with Crippen molar-refractivity contribution in [2.45, 2.75) is 52.5 Å². The zero-order valence-corrected chi connectivity index (χ0v) is 12.6. The van der Waals surface area contributed by atoms with Gasteiger partial charge in [-0.2, -0.15) is 0 Å². The number of likely N-dealkylation sites (N-methyl/N-ethyl adjacent to an activating group) is 1. The molecule has 0 saturated carbocycles. The highest BCUT2D eigenvalue weighted by Crippen LogP contribution is 2.22. The van der Waals surface area contributed by atoms with Gasteiger partial charge in [0.25, 0.3) is 0 Å². The van der Waals surface area contributed by atoms with E-state index in [1.165, 1.54) is 0 Å². The number of rotatable bonds is 8. The molecule has 0 aromatic carbocycles. The Morgan fingerprint density at radius 1 is 1.33 bits per heavy atom. The minimum Gasteiger partial charge on any atom is -0.394 e. The van der Waals surface area contributed by atoms with E-state index < -0.39 is 5.54 Å². The number of nitrogens with two attached hydrogens (primary N) is 1. The molecule has 4 nitrogen and oxygen atoms in total. The Kier molecular flexibility index (Phi) is 7.48. The predicted molar refractivity (Wildman–Crippen MR) is 75.2 cm³/mol. The summed E-state index contributed by atoms with van der Waals surface area (Å²) in [5, 5.41) is 9.25. The number of carbonyl (C=O) groups excluding carboxylic acids is 1. The zero-order valence-electron chi connectivity index (χ0n) is 12.6. The number of amides is 1. The summed E-state index contributed by atoms with van der Waals surface area (Å²) in [6.07, 6.45) is 2.38. The number of hydrogen-bond acceptors (Lipinski definition) is 3. The Morgan fingerprint density at radius 2 is 1.89 bits per heavy atom. The molecule has 108 valence electrons. The van der Waals surface area contributed by atoms with Crippen LogP contribution in [0.15, 0.2) is 0 Å². The van der Waals surface area contributed by atoms with Gasteiger partial charge in [-0.1, -0.05) is 13.8 Å². The van der Waals surface area contributed by atoms with Crippen molar-refractivity contribution in [1.82, 2.24) is 4.90 Å². The standard InChI is InChI=1S/C14H30N2O2/c1-11(2)12(8-9-15)6-7-13(18)16(5)14(3,4)10-17/h11-12,17H,6-10,15H2,1-5H3. The molecule has 0 rings (SSSR count). The molecular weight excluding hydrogens is 228 g/mol. The number of aliphatic hydroxyl groups excluding tert-OH is 1. The van der Waals surface area contributed by atoms with Gasteiger partial charge in [-0.3, -0.25) is 4.79 Å². The van der Waals surface area contributed by atoms with Gasteiger partial charge in [-0.05, 0) is 45.1 Å². The molecule has 0 fully saturated rings. The van der Waals surface area contributed by atoms with Gasteiger partial charge in [0.05, 0.1) is 12.1 Å². The van der Waals surface area contributed by atoms with Crippen LogP contribution in [0, 0.1) is 11.8 Å². The predicted octanol–water partition coefficient (Wildman–Crippen LogP) is 1.62. The normalized spacial score (nSPS) is 13.8. The highest BCUT2D eigenvalue weighted by Gasteiger charge is 2.27. The smallest absolute Gasteiger partial charge is 0.222 e. The van der Waals surface area contributed by atoms with E-state index >= 15 is 0 Å². The summed E-state index contributed by atoms with van der Waals surface area (Å²) in [5.41, 5.74) is 5.11. The Balaban J connectivity index is 4.31. The Bertz CT molecular complexity index is 252. The molecule has 3 N–H and O–H groups in total. The molecular formula is C14H30N2O2. The largest absolute Gasteiger partial charge is 0.394 e. The molecule has 4 heteroatoms. The van der Waals surface area contributed by atoms with Gasteiger partial charge in [-0.25, -0.2) is 0 Å². The SMILES string of the molecule is CC(C)C(CCN)CCC(=O)N(C)C(C)(C)CO. The molecule has 0 aliphatic rings. The van der Waals surface area contributed by atoms with Gasteiger partial charge in [0.1, 0.15) is 0 Å². The van der Waals surface area contributed by atoms with Crippen molar-refractivity contribution in [2.24, 2.45) is 17.6 Å². The van der Waals surface area contributed by atoms with Crippen molar-refractivity contribution in [1.29, 1.82) is 0 Å². The maximum atomic E-state index is 12.1. The number of hydrogen-bond donors (Lipinski definition) is 2. The van der Waals surface area contributed by atoms with Crippen molar-refractivity contribution in [3.8, 4) is 0 Å². The van der Waals surface area contributed by atoms with Gasteiger partial charge < -0.3 is 15.7 Å². The lowest BCUT2D eigenvalue weighted by Crippen LogP contribution is -2.47. The Morgan fingerprint density at radius 3 is 2.28 bits per heavy atom. The second kappa shape index (κ2) is 7.74. The van der Waals surface area contributed by atoms with Crippen LogP contribution in [-0.4, -0.2) is 41.7 Å². The summed E-state index contributed by atoms with van der Waals surface area (Å²) in [6.45, 7) is 8.73. The van der Waals surface area contributed by atoms with E-state index in [9.17, 15) is 9.90 Å². The van der Waals surface area contributed by atoms with Crippen LogP contribution < -0.4 is 5.73 Å². The fourth-order valence-corrected chi connectivity index (χ4v) is 1.95. The minimum absolute atomic E-state index is 0.0222. The molecule has 18 heavy (non-hydrogen) atoms. The van der Waals surface area contributed by atoms with Crippen molar-refractivity contribution in [3.63, 3.8) is 0 Å². The molecule has 0 aliphatic carbocycles. The molecule has 0 aliphatic heterocycles. The molecule has 0 bridgehead atoms. The first-order valence-electron chi connectivity index (χ1n) is 6.83. The molecule has 0 spiro atoms. The molecule has 0 radical (unpaired) electrons. The third kappa shape index (κ3) is 5.36. The third-order valence-electron chi connectivity index (χ3n) is 3.88. The molecule has 1 unspecified atom stereocenters. The second-order valence-corrected chi connectivity index (χ2v) is 6.04. The zero-order chi connectivity index (χ0) is 14.3. The van der Waals surface area contributed by atoms with E-state index in [2.05, 4.69) is 13.8 Å². The number of carbonyl (C=O) groups is 1. The van der Waals surface area contributed by atoms with Crippen molar-refractivity contribution in [3.05, 3.63) is 0 Å². The quantitative estimate of drug-likeness (QED) is 0.695. The summed E-state index contributed by atoms with van der Waals surface area (Å²) in [6, 6.07) is 0. The maximum absolute atomic E-state index is 12.1. The Hall–Kier alpha value is -0.610. The second-order valence-electron chi connectivity index (χ2n) is 6.04. The minimum atomic E-state index is -0.488. The molecule has 0 saturated heterocycles. The Labute approximate surface area is 112 Å². The highest BCUT2D eigenvalue weighted by molar-refractivity contribution is 5.76. The maximum Gasteiger partial charge on any atom is 0.222 e. The summed E-state index contributed by atoms with van der Waals surface area (Å²) in [7, 11) is 1.76. The van der Waals surface area contributed by atoms with Gasteiger partial charge >= 0.3 is 0 Å². The first kappa shape index (κ1) is 17.4. The van der Waals surface area contributed by atoms with Crippen LogP contribution in [0.4, 0.5) is 0 Å². The van der Waals surface area contributed by atoms with Crippen LogP contribution in [0.5, 0.6) is 0 Å². The molecule has 0 aromatic rings. The monoisotopic (exact) mass is 258 g/mol. The number of aliphatic hydroxyl groups is 1. The van der Waals surface area contributed by atoms with Crippen LogP contribution in [0.2, 0.25) is 0 Å². The lowest BCUT2D eigenvalue weighted by molar-refractivity contribution is -0.136. The van der Waals surface area contributed by atoms with Crippen LogP contribution in [0.3, 0.4) is 0 Å². The topological polar surface area (TPSA) is 66.6 Å². The first-order chi connectivity index (χ1) is 8.26. The molecule has 0 aromatic heterocycles. The average Bonchev–Trinajstić information content (AvgIpc) is 2.32. The lowest BCUT2D eigenvalue weighted by atomic mass is 9.88. The fraction of sp³-hybridized carbons (Fsp3) is 0.929. The van der Waals surface area contributed by atoms with E-state index in [4.69, 9.17) is 5.73 Å². The molecule has 0 heterocycles. The van der Waals surface area contributed by atoms with E-state index in [0.29, 0.717) is 24.8 Å². The molecule has 1 atom stereocenters. The van der Waals surface area contributed by atoms with Crippen LogP contribution >= 0.6 is 0 Å². The summed E-state index contributed by atoms with van der Waals surface area (Å²) < 4.78 is 0. The van der Waals surface area contributed by atoms with Gasteiger partial charge in [0.2, 0.25) is 5.91 Å². The third-order valence-corrected chi connectivity index (χ3v) is 3.88. The van der Waals surface area contributed by atoms with Gasteiger partial charge in [0.15, 0.2) is 0 Å². The van der Waals surface area contributed by atoms with Crippen molar-refractivity contribution < 1.29 is 9.90 Å². The number of nitrogens with zero attached hydrogens (tertiary/aromatic N) is 1. The van der Waals surface area contributed by atoms with Crippen molar-refractivity contribution in [2.75, 3.05) is 20.2 Å². The average molecular weight is 258 g/mol. The van der Waals surface area contributed by atoms with Crippen molar-refractivity contribution >= 4 is 5.91 Å². The summed E-state index contributed by atoms with van der Waals surface area (Å²) in [4.78, 5) is 13.7. The van der Waals surface area contributed by atoms with E-state index in [1.54, 1.807) is 11.9 Å².